The van der Waals surface area contributed by atoms with Gasteiger partial charge in [0.2, 0.25) is 0 Å². The third kappa shape index (κ3) is 6.56. The maximum absolute atomic E-state index is 6.40. The summed E-state index contributed by atoms with van der Waals surface area (Å²) < 4.78 is 6.40. The van der Waals surface area contributed by atoms with Gasteiger partial charge >= 0.3 is 0 Å². The van der Waals surface area contributed by atoms with Crippen LogP contribution in [0.15, 0.2) is 199 Å². The molecule has 0 atom stereocenters. The van der Waals surface area contributed by atoms with E-state index in [1.54, 1.807) is 0 Å². The molecule has 5 nitrogen and oxygen atoms in total. The number of hydrogen-bond acceptors (Lipinski definition) is 5. The Morgan fingerprint density at radius 3 is 1.40 bits per heavy atom. The summed E-state index contributed by atoms with van der Waals surface area (Å²) in [5.74, 6) is 1.79. The predicted molar refractivity (Wildman–Crippen MR) is 269 cm³/mol. The van der Waals surface area contributed by atoms with Crippen molar-refractivity contribution in [1.82, 2.24) is 15.0 Å². The molecule has 0 saturated heterocycles. The number of aromatic nitrogens is 3. The molecule has 0 aliphatic heterocycles. The molecule has 1 aliphatic rings. The van der Waals surface area contributed by atoms with Crippen LogP contribution in [0.3, 0.4) is 0 Å². The standard InChI is InChI=1S/C60H50N4O/c1-58(2)49-37-48(57-62-55(43-23-14-9-15-24-43)61-56(63-57)47-26-18-28-53-54(47)46-25-16-17-27-52(46)65-53)51(38-50(49)59(3,4)60(58,5)6)64(44-33-29-41(30-34-44)39-19-10-7-11-20-39)45-35-31-42(32-36-45)40-21-12-8-13-22-40/h7-38H,1-6H3. The quantitative estimate of drug-likeness (QED) is 0.153. The van der Waals surface area contributed by atoms with Crippen molar-refractivity contribution >= 4 is 39.0 Å². The zero-order valence-electron chi connectivity index (χ0n) is 37.7. The molecule has 0 saturated carbocycles. The largest absolute Gasteiger partial charge is 0.456 e. The van der Waals surface area contributed by atoms with Crippen molar-refractivity contribution in [3.63, 3.8) is 0 Å². The van der Waals surface area contributed by atoms with Crippen molar-refractivity contribution in [2.45, 2.75) is 52.4 Å². The Kier molecular flexibility index (Phi) is 9.44. The van der Waals surface area contributed by atoms with Gasteiger partial charge in [0.1, 0.15) is 11.2 Å². The first kappa shape index (κ1) is 40.2. The van der Waals surface area contributed by atoms with E-state index in [1.165, 1.54) is 22.3 Å². The van der Waals surface area contributed by atoms with Gasteiger partial charge in [-0.2, -0.15) is 0 Å². The van der Waals surface area contributed by atoms with Crippen molar-refractivity contribution in [3.05, 3.63) is 205 Å². The fourth-order valence-electron chi connectivity index (χ4n) is 10.0. The molecule has 316 valence electrons. The van der Waals surface area contributed by atoms with E-state index >= 15 is 0 Å². The lowest BCUT2D eigenvalue weighted by atomic mass is 9.59. The Hall–Kier alpha value is -7.63. The number of furan rings is 1. The van der Waals surface area contributed by atoms with Crippen LogP contribution in [0, 0.1) is 5.41 Å². The molecule has 2 heterocycles. The van der Waals surface area contributed by atoms with Gasteiger partial charge in [0.05, 0.1) is 5.69 Å². The summed E-state index contributed by atoms with van der Waals surface area (Å²) in [7, 11) is 0. The van der Waals surface area contributed by atoms with Gasteiger partial charge in [-0.15, -0.1) is 0 Å². The van der Waals surface area contributed by atoms with Crippen LogP contribution >= 0.6 is 0 Å². The zero-order chi connectivity index (χ0) is 44.5. The van der Waals surface area contributed by atoms with Crippen molar-refractivity contribution in [2.75, 3.05) is 4.90 Å². The molecule has 0 spiro atoms. The van der Waals surface area contributed by atoms with Crippen LogP contribution in [-0.4, -0.2) is 15.0 Å². The molecule has 2 aromatic heterocycles. The normalized spacial score (nSPS) is 14.7. The van der Waals surface area contributed by atoms with Crippen LogP contribution in [0.2, 0.25) is 0 Å². The van der Waals surface area contributed by atoms with E-state index in [0.29, 0.717) is 17.5 Å². The Bertz CT molecular complexity index is 3290. The fraction of sp³-hybridized carbons (Fsp3) is 0.150. The molecule has 0 fully saturated rings. The van der Waals surface area contributed by atoms with E-state index < -0.39 is 0 Å². The van der Waals surface area contributed by atoms with E-state index in [2.05, 4.69) is 198 Å². The molecule has 0 N–H and O–H groups in total. The zero-order valence-corrected chi connectivity index (χ0v) is 37.7. The molecule has 0 radical (unpaired) electrons. The lowest BCUT2D eigenvalue weighted by molar-refractivity contribution is 0.125. The highest BCUT2D eigenvalue weighted by atomic mass is 16.3. The second-order valence-electron chi connectivity index (χ2n) is 18.9. The number of hydrogen-bond donors (Lipinski definition) is 0. The molecule has 65 heavy (non-hydrogen) atoms. The smallest absolute Gasteiger partial charge is 0.166 e. The minimum absolute atomic E-state index is 0.0881. The van der Waals surface area contributed by atoms with Crippen LogP contribution in [0.5, 0.6) is 0 Å². The van der Waals surface area contributed by atoms with Gasteiger partial charge in [-0.3, -0.25) is 0 Å². The number of fused-ring (bicyclic) bond motifs is 4. The van der Waals surface area contributed by atoms with Crippen LogP contribution < -0.4 is 4.90 Å². The average Bonchev–Trinajstić information content (AvgIpc) is 3.78. The average molecular weight is 843 g/mol. The first-order valence-corrected chi connectivity index (χ1v) is 22.5. The third-order valence-electron chi connectivity index (χ3n) is 14.9. The van der Waals surface area contributed by atoms with Crippen molar-refractivity contribution in [3.8, 4) is 56.4 Å². The van der Waals surface area contributed by atoms with Crippen molar-refractivity contribution < 1.29 is 4.42 Å². The van der Waals surface area contributed by atoms with E-state index in [9.17, 15) is 0 Å². The molecule has 10 aromatic rings. The monoisotopic (exact) mass is 842 g/mol. The maximum Gasteiger partial charge on any atom is 0.166 e. The van der Waals surface area contributed by atoms with E-state index in [1.807, 2.05) is 42.5 Å². The summed E-state index contributed by atoms with van der Waals surface area (Å²) in [5, 5.41) is 2.01. The molecular weight excluding hydrogens is 793 g/mol. The van der Waals surface area contributed by atoms with Crippen molar-refractivity contribution in [2.24, 2.45) is 5.41 Å². The van der Waals surface area contributed by atoms with Gasteiger partial charge in [0.25, 0.3) is 0 Å². The number of para-hydroxylation sites is 1. The highest BCUT2D eigenvalue weighted by Gasteiger charge is 2.57. The highest BCUT2D eigenvalue weighted by Crippen LogP contribution is 2.63. The van der Waals surface area contributed by atoms with E-state index in [-0.39, 0.29) is 16.2 Å². The Morgan fingerprint density at radius 1 is 0.385 bits per heavy atom. The summed E-state index contributed by atoms with van der Waals surface area (Å²) in [6.07, 6.45) is 0. The summed E-state index contributed by atoms with van der Waals surface area (Å²) in [4.78, 5) is 18.6. The summed E-state index contributed by atoms with van der Waals surface area (Å²) in [5.41, 5.74) is 14.2. The maximum atomic E-state index is 6.40. The van der Waals surface area contributed by atoms with Crippen LogP contribution in [0.4, 0.5) is 17.1 Å². The highest BCUT2D eigenvalue weighted by molar-refractivity contribution is 6.11. The minimum atomic E-state index is -0.183. The van der Waals surface area contributed by atoms with Gasteiger partial charge in [-0.1, -0.05) is 187 Å². The molecule has 11 rings (SSSR count). The second kappa shape index (κ2) is 15.3. The molecule has 0 bridgehead atoms. The molecular formula is C60H50N4O. The van der Waals surface area contributed by atoms with Crippen LogP contribution in [-0.2, 0) is 10.8 Å². The van der Waals surface area contributed by atoms with Gasteiger partial charge in [-0.05, 0) is 98.2 Å². The SMILES string of the molecule is CC1(C)c2cc(-c3nc(-c4ccccc4)nc(-c4cccc5oc6ccccc6c45)n3)c(N(c3ccc(-c4ccccc4)cc3)c3ccc(-c4ccccc4)cc3)cc2C(C)(C)C1(C)C. The number of benzene rings is 8. The molecule has 8 aromatic carbocycles. The Balaban J connectivity index is 1.20. The van der Waals surface area contributed by atoms with Gasteiger partial charge in [0, 0.05) is 38.8 Å². The third-order valence-corrected chi connectivity index (χ3v) is 14.9. The van der Waals surface area contributed by atoms with Gasteiger partial charge in [-0.25, -0.2) is 15.0 Å². The number of anilines is 3. The number of nitrogens with zero attached hydrogens (tertiary/aromatic N) is 4. The topological polar surface area (TPSA) is 55.1 Å². The van der Waals surface area contributed by atoms with Gasteiger partial charge in [0.15, 0.2) is 17.5 Å². The van der Waals surface area contributed by atoms with E-state index in [0.717, 1.165) is 66.8 Å². The van der Waals surface area contributed by atoms with E-state index in [4.69, 9.17) is 19.4 Å². The molecule has 1 aliphatic carbocycles. The fourth-order valence-corrected chi connectivity index (χ4v) is 10.0. The van der Waals surface area contributed by atoms with Crippen LogP contribution in [0.25, 0.3) is 78.4 Å². The number of rotatable bonds is 8. The predicted octanol–water partition coefficient (Wildman–Crippen LogP) is 16.2. The summed E-state index contributed by atoms with van der Waals surface area (Å²) in [6.45, 7) is 14.4. The first-order chi connectivity index (χ1) is 31.5. The molecule has 0 unspecified atom stereocenters. The Morgan fingerprint density at radius 2 is 0.831 bits per heavy atom. The van der Waals surface area contributed by atoms with Crippen molar-refractivity contribution in [1.29, 1.82) is 0 Å². The molecule has 0 amide bonds. The second-order valence-corrected chi connectivity index (χ2v) is 18.9. The van der Waals surface area contributed by atoms with Crippen LogP contribution in [0.1, 0.15) is 52.7 Å². The Labute approximate surface area is 381 Å². The minimum Gasteiger partial charge on any atom is -0.456 e. The lowest BCUT2D eigenvalue weighted by Gasteiger charge is -2.44. The van der Waals surface area contributed by atoms with Gasteiger partial charge < -0.3 is 9.32 Å². The molecule has 5 heteroatoms. The first-order valence-electron chi connectivity index (χ1n) is 22.5. The lowest BCUT2D eigenvalue weighted by Crippen LogP contribution is -2.42. The summed E-state index contributed by atoms with van der Waals surface area (Å²) >= 11 is 0. The summed E-state index contributed by atoms with van der Waals surface area (Å²) in [6, 6.07) is 68.4.